The van der Waals surface area contributed by atoms with Crippen LogP contribution in [0.25, 0.3) is 0 Å². The highest BCUT2D eigenvalue weighted by molar-refractivity contribution is 7.90. The van der Waals surface area contributed by atoms with Crippen molar-refractivity contribution in [3.05, 3.63) is 33.8 Å². The van der Waals surface area contributed by atoms with E-state index < -0.39 is 9.84 Å². The van der Waals surface area contributed by atoms with Gasteiger partial charge in [0.15, 0.2) is 9.84 Å². The minimum absolute atomic E-state index is 0.0148. The van der Waals surface area contributed by atoms with Gasteiger partial charge in [0.2, 0.25) is 0 Å². The van der Waals surface area contributed by atoms with Crippen LogP contribution in [0.5, 0.6) is 0 Å². The second-order valence-electron chi connectivity index (χ2n) is 5.65. The molecule has 2 aromatic heterocycles. The molecule has 8 heteroatoms. The number of aromatic nitrogens is 2. The van der Waals surface area contributed by atoms with E-state index in [-0.39, 0.29) is 16.7 Å². The van der Waals surface area contributed by atoms with Crippen molar-refractivity contribution in [2.75, 3.05) is 19.3 Å². The molecule has 22 heavy (non-hydrogen) atoms. The Balaban J connectivity index is 1.78. The van der Waals surface area contributed by atoms with Gasteiger partial charge in [-0.05, 0) is 30.4 Å². The van der Waals surface area contributed by atoms with E-state index in [2.05, 4.69) is 10.2 Å². The molecule has 1 aliphatic rings. The maximum absolute atomic E-state index is 12.4. The molecule has 1 fully saturated rings. The molecule has 1 amide bonds. The van der Waals surface area contributed by atoms with Crippen molar-refractivity contribution >= 4 is 27.1 Å². The third-order valence-corrected chi connectivity index (χ3v) is 6.02. The number of sulfone groups is 1. The number of H-pyrrole nitrogens is 1. The van der Waals surface area contributed by atoms with E-state index in [4.69, 9.17) is 0 Å². The summed E-state index contributed by atoms with van der Waals surface area (Å²) in [6.45, 7) is 3.10. The first kappa shape index (κ1) is 15.2. The molecule has 0 radical (unpaired) electrons. The quantitative estimate of drug-likeness (QED) is 0.924. The number of aryl methyl sites for hydroxylation is 1. The molecule has 118 valence electrons. The lowest BCUT2D eigenvalue weighted by Crippen LogP contribution is -2.27. The predicted molar refractivity (Wildman–Crippen MR) is 84.0 cm³/mol. The van der Waals surface area contributed by atoms with E-state index in [9.17, 15) is 13.2 Å². The molecule has 3 rings (SSSR count). The van der Waals surface area contributed by atoms with Crippen LogP contribution in [0, 0.1) is 6.92 Å². The van der Waals surface area contributed by atoms with Crippen LogP contribution >= 0.6 is 11.3 Å². The molecule has 1 saturated heterocycles. The van der Waals surface area contributed by atoms with Crippen molar-refractivity contribution in [2.45, 2.75) is 24.2 Å². The van der Waals surface area contributed by atoms with E-state index >= 15 is 0 Å². The van der Waals surface area contributed by atoms with E-state index in [0.29, 0.717) is 18.8 Å². The van der Waals surface area contributed by atoms with Crippen LogP contribution in [0.4, 0.5) is 0 Å². The van der Waals surface area contributed by atoms with Gasteiger partial charge in [-0.1, -0.05) is 0 Å². The van der Waals surface area contributed by atoms with Crippen molar-refractivity contribution in [1.29, 1.82) is 0 Å². The summed E-state index contributed by atoms with van der Waals surface area (Å²) in [5.74, 6) is -0.00162. The average molecular weight is 339 g/mol. The molecule has 6 nitrogen and oxygen atoms in total. The number of hydrogen-bond acceptors (Lipinski definition) is 5. The molecule has 1 unspecified atom stereocenters. The first-order chi connectivity index (χ1) is 10.4. The first-order valence-electron chi connectivity index (χ1n) is 6.94. The number of likely N-dealkylation sites (tertiary alicyclic amines) is 1. The van der Waals surface area contributed by atoms with Gasteiger partial charge < -0.3 is 4.90 Å². The predicted octanol–water partition coefficient (Wildman–Crippen LogP) is 1.81. The number of nitrogens with one attached hydrogen (secondary N) is 1. The van der Waals surface area contributed by atoms with Crippen LogP contribution in [0.2, 0.25) is 0 Å². The topological polar surface area (TPSA) is 83.1 Å². The van der Waals surface area contributed by atoms with Gasteiger partial charge in [-0.2, -0.15) is 5.10 Å². The van der Waals surface area contributed by atoms with Crippen LogP contribution in [0.3, 0.4) is 0 Å². The standard InChI is InChI=1S/C14H17N3O3S2/c1-9-5-11(21-8-9)14(18)17-4-3-10(7-17)13-12(6-15-16-13)22(2,19)20/h5-6,8,10H,3-4,7H2,1-2H3,(H,15,16). The molecule has 0 saturated carbocycles. The Morgan fingerprint density at radius 2 is 2.27 bits per heavy atom. The van der Waals surface area contributed by atoms with Crippen molar-refractivity contribution in [2.24, 2.45) is 0 Å². The molecule has 2 aromatic rings. The number of hydrogen-bond donors (Lipinski definition) is 1. The number of aromatic amines is 1. The van der Waals surface area contributed by atoms with E-state index in [1.54, 1.807) is 4.90 Å². The monoisotopic (exact) mass is 339 g/mol. The normalized spacial score (nSPS) is 18.8. The number of nitrogens with zero attached hydrogens (tertiary/aromatic N) is 2. The number of rotatable bonds is 3. The summed E-state index contributed by atoms with van der Waals surface area (Å²) in [6.07, 6.45) is 3.26. The summed E-state index contributed by atoms with van der Waals surface area (Å²) in [4.78, 5) is 15.2. The van der Waals surface area contributed by atoms with Crippen molar-refractivity contribution in [3.8, 4) is 0 Å². The second kappa shape index (κ2) is 5.51. The second-order valence-corrected chi connectivity index (χ2v) is 8.54. The summed E-state index contributed by atoms with van der Waals surface area (Å²) < 4.78 is 23.5. The van der Waals surface area contributed by atoms with Crippen LogP contribution in [-0.2, 0) is 9.84 Å². The summed E-state index contributed by atoms with van der Waals surface area (Å²) in [5.41, 5.74) is 1.69. The Labute approximate surface area is 133 Å². The van der Waals surface area contributed by atoms with Crippen molar-refractivity contribution < 1.29 is 13.2 Å². The molecule has 0 aliphatic carbocycles. The molecule has 1 N–H and O–H groups in total. The Morgan fingerprint density at radius 1 is 1.50 bits per heavy atom. The van der Waals surface area contributed by atoms with Gasteiger partial charge in [0.25, 0.3) is 5.91 Å². The van der Waals surface area contributed by atoms with Crippen LogP contribution in [0.1, 0.15) is 33.3 Å². The lowest BCUT2D eigenvalue weighted by molar-refractivity contribution is 0.0795. The lowest BCUT2D eigenvalue weighted by Gasteiger charge is -2.15. The van der Waals surface area contributed by atoms with E-state index in [1.807, 2.05) is 18.4 Å². The minimum atomic E-state index is -3.31. The first-order valence-corrected chi connectivity index (χ1v) is 9.71. The molecule has 3 heterocycles. The minimum Gasteiger partial charge on any atom is -0.337 e. The van der Waals surface area contributed by atoms with E-state index in [1.165, 1.54) is 23.8 Å². The number of carbonyl (C=O) groups is 1. The van der Waals surface area contributed by atoms with Gasteiger partial charge in [0.1, 0.15) is 4.90 Å². The summed E-state index contributed by atoms with van der Waals surface area (Å²) >= 11 is 1.44. The molecule has 0 spiro atoms. The molecule has 0 aromatic carbocycles. The van der Waals surface area contributed by atoms with Gasteiger partial charge >= 0.3 is 0 Å². The molecule has 1 atom stereocenters. The SMILES string of the molecule is Cc1csc(C(=O)N2CCC(c3[nH]ncc3S(C)(=O)=O)C2)c1. The average Bonchev–Trinajstić information content (AvgIpc) is 3.16. The highest BCUT2D eigenvalue weighted by Gasteiger charge is 2.32. The van der Waals surface area contributed by atoms with Crippen molar-refractivity contribution in [1.82, 2.24) is 15.1 Å². The highest BCUT2D eigenvalue weighted by Crippen LogP contribution is 2.31. The zero-order valence-electron chi connectivity index (χ0n) is 12.4. The third-order valence-electron chi connectivity index (χ3n) is 3.86. The zero-order valence-corrected chi connectivity index (χ0v) is 14.0. The van der Waals surface area contributed by atoms with Crippen LogP contribution in [-0.4, -0.2) is 48.8 Å². The number of amides is 1. The van der Waals surface area contributed by atoms with Gasteiger partial charge in [-0.25, -0.2) is 8.42 Å². The van der Waals surface area contributed by atoms with Gasteiger partial charge in [0.05, 0.1) is 16.8 Å². The van der Waals surface area contributed by atoms with Gasteiger partial charge in [-0.3, -0.25) is 9.89 Å². The fourth-order valence-corrected chi connectivity index (χ4v) is 4.47. The molecular formula is C14H17N3O3S2. The fraction of sp³-hybridized carbons (Fsp3) is 0.429. The summed E-state index contributed by atoms with van der Waals surface area (Å²) in [7, 11) is -3.31. The Kier molecular flexibility index (Phi) is 3.82. The third kappa shape index (κ3) is 2.80. The number of thiophene rings is 1. The summed E-state index contributed by atoms with van der Waals surface area (Å²) in [6, 6.07) is 1.89. The van der Waals surface area contributed by atoms with Crippen molar-refractivity contribution in [3.63, 3.8) is 0 Å². The smallest absolute Gasteiger partial charge is 0.263 e. The molecule has 0 bridgehead atoms. The Bertz CT molecular complexity index is 807. The van der Waals surface area contributed by atoms with Crippen LogP contribution < -0.4 is 0 Å². The summed E-state index contributed by atoms with van der Waals surface area (Å²) in [5, 5.41) is 8.61. The molecular weight excluding hydrogens is 322 g/mol. The highest BCUT2D eigenvalue weighted by atomic mass is 32.2. The Hall–Kier alpha value is -1.67. The van der Waals surface area contributed by atoms with Gasteiger partial charge in [0, 0.05) is 25.3 Å². The Morgan fingerprint density at radius 3 is 2.91 bits per heavy atom. The largest absolute Gasteiger partial charge is 0.337 e. The van der Waals surface area contributed by atoms with Crippen LogP contribution in [0.15, 0.2) is 22.5 Å². The molecule has 1 aliphatic heterocycles. The maximum Gasteiger partial charge on any atom is 0.263 e. The van der Waals surface area contributed by atoms with Gasteiger partial charge in [-0.15, -0.1) is 11.3 Å². The maximum atomic E-state index is 12.4. The fourth-order valence-electron chi connectivity index (χ4n) is 2.75. The van der Waals surface area contributed by atoms with E-state index in [0.717, 1.165) is 16.9 Å². The number of carbonyl (C=O) groups excluding carboxylic acids is 1. The zero-order chi connectivity index (χ0) is 15.9. The lowest BCUT2D eigenvalue weighted by atomic mass is 10.1.